The van der Waals surface area contributed by atoms with Crippen LogP contribution in [0.15, 0.2) is 47.4 Å². The van der Waals surface area contributed by atoms with Gasteiger partial charge in [-0.1, -0.05) is 11.6 Å². The number of nitrogens with zero attached hydrogens (tertiary/aromatic N) is 7. The molecule has 4 aromatic rings. The molecule has 18 nitrogen and oxygen atoms in total. The number of likely N-dealkylation sites (N-methyl/N-ethyl adjacent to an activating group) is 1. The van der Waals surface area contributed by atoms with Gasteiger partial charge in [-0.3, -0.25) is 43.9 Å². The maximum Gasteiger partial charge on any atom is 0.293 e. The molecule has 348 valence electrons. The number of anilines is 4. The average molecular weight is 923 g/mol. The van der Waals surface area contributed by atoms with Crippen LogP contribution in [0.2, 0.25) is 5.02 Å². The quantitative estimate of drug-likeness (QED) is 0.170. The second-order valence-electron chi connectivity index (χ2n) is 18.2. The van der Waals surface area contributed by atoms with E-state index in [4.69, 9.17) is 26.1 Å². The third-order valence-corrected chi connectivity index (χ3v) is 13.9. The number of piperazine rings is 1. The van der Waals surface area contributed by atoms with E-state index in [1.165, 1.54) is 7.05 Å². The first-order chi connectivity index (χ1) is 31.7. The molecule has 5 aliphatic rings. The predicted octanol–water partition coefficient (Wildman–Crippen LogP) is 4.33. The number of halogens is 1. The number of aromatic nitrogens is 3. The van der Waals surface area contributed by atoms with Gasteiger partial charge in [-0.2, -0.15) is 4.98 Å². The minimum Gasteiger partial charge on any atom is -0.478 e. The molecule has 19 heteroatoms. The number of hydrogen-bond acceptors (Lipinski definition) is 14. The molecule has 0 spiro atoms. The molecule has 66 heavy (non-hydrogen) atoms. The summed E-state index contributed by atoms with van der Waals surface area (Å²) in [5.41, 5.74) is 3.40. The maximum absolute atomic E-state index is 13.6. The molecule has 4 fully saturated rings. The van der Waals surface area contributed by atoms with E-state index in [1.807, 2.05) is 45.0 Å². The molecule has 6 heterocycles. The van der Waals surface area contributed by atoms with E-state index >= 15 is 0 Å². The number of ether oxygens (including phenoxy) is 2. The van der Waals surface area contributed by atoms with Crippen molar-refractivity contribution < 1.29 is 33.4 Å². The Morgan fingerprint density at radius 2 is 1.73 bits per heavy atom. The van der Waals surface area contributed by atoms with Crippen molar-refractivity contribution in [3.63, 3.8) is 0 Å². The highest BCUT2D eigenvalue weighted by atomic mass is 35.5. The molecule has 9 rings (SSSR count). The molecule has 1 saturated carbocycles. The van der Waals surface area contributed by atoms with E-state index in [1.54, 1.807) is 22.9 Å². The van der Waals surface area contributed by atoms with E-state index in [0.29, 0.717) is 39.6 Å². The topological polar surface area (TPSA) is 201 Å². The standard InChI is InChI=1S/C47H55ClN10O8/c1-25(2)57-36-8-6-29(18-28(36)19-38(45(57)63)65-24-40(60)49-5)51-42-34(48)22-50-47(53-42)54-14-12-31(13-15-54)66-32-20-30(21-32)56-17-16-55(23-26(56)3)35-9-7-33-41(27(35)4)46(64)58(44(33)62)37-10-11-39(59)52-43(37)61/h6-9,18-19,22,25-26,30-32,37H,10-17,20-21,23-24H2,1-5H3,(H,49,60)(H,50,51,53)(H,52,59,61)/t26-,30-,32-,37?/m0/s1. The molecule has 5 amide bonds. The van der Waals surface area contributed by atoms with Gasteiger partial charge < -0.3 is 34.5 Å². The Bertz CT molecular complexity index is 2680. The first-order valence-electron chi connectivity index (χ1n) is 22.8. The molecule has 3 saturated heterocycles. The minimum atomic E-state index is -0.993. The van der Waals surface area contributed by atoms with Crippen molar-refractivity contribution in [1.82, 2.24) is 35.0 Å². The first-order valence-corrected chi connectivity index (χ1v) is 23.1. The highest BCUT2D eigenvalue weighted by Gasteiger charge is 2.46. The number of amides is 5. The molecule has 0 radical (unpaired) electrons. The molecule has 4 aliphatic heterocycles. The Labute approximate surface area is 386 Å². The van der Waals surface area contributed by atoms with Crippen LogP contribution >= 0.6 is 11.6 Å². The summed E-state index contributed by atoms with van der Waals surface area (Å²) in [5, 5.41) is 9.20. The summed E-state index contributed by atoms with van der Waals surface area (Å²) < 4.78 is 13.9. The number of nitrogens with one attached hydrogen (secondary N) is 3. The van der Waals surface area contributed by atoms with Gasteiger partial charge in [0.05, 0.1) is 35.0 Å². The fourth-order valence-electron chi connectivity index (χ4n) is 10.1. The van der Waals surface area contributed by atoms with Gasteiger partial charge in [-0.25, -0.2) is 4.98 Å². The zero-order valence-corrected chi connectivity index (χ0v) is 38.5. The van der Waals surface area contributed by atoms with Crippen LogP contribution in [0, 0.1) is 6.92 Å². The second kappa shape index (κ2) is 18.3. The molecular formula is C47H55ClN10O8. The van der Waals surface area contributed by atoms with E-state index < -0.39 is 29.7 Å². The molecule has 0 bridgehead atoms. The van der Waals surface area contributed by atoms with Crippen molar-refractivity contribution in [2.75, 3.05) is 61.5 Å². The zero-order valence-electron chi connectivity index (χ0n) is 37.8. The predicted molar refractivity (Wildman–Crippen MR) is 248 cm³/mol. The molecule has 3 N–H and O–H groups in total. The highest BCUT2D eigenvalue weighted by Crippen LogP contribution is 2.38. The van der Waals surface area contributed by atoms with E-state index in [2.05, 4.69) is 42.6 Å². The van der Waals surface area contributed by atoms with Crippen molar-refractivity contribution in [2.24, 2.45) is 0 Å². The SMILES string of the molecule is CNC(=O)COc1cc2cc(Nc3nc(N4CCC(O[C@H]5C[C@H](N6CCN(c7ccc8c(c7C)C(=O)N(C7CCC(=O)NC7=O)C8=O)C[C@@H]6C)C5)CC4)ncc3Cl)ccc2n(C(C)C)c1=O. The number of carbonyl (C=O) groups excluding carboxylic acids is 5. The first kappa shape index (κ1) is 45.1. The Morgan fingerprint density at radius 3 is 2.44 bits per heavy atom. The second-order valence-corrected chi connectivity index (χ2v) is 18.6. The smallest absolute Gasteiger partial charge is 0.293 e. The third kappa shape index (κ3) is 8.57. The van der Waals surface area contributed by atoms with Crippen molar-refractivity contribution in [3.8, 4) is 5.75 Å². The van der Waals surface area contributed by atoms with Crippen LogP contribution < -0.4 is 36.0 Å². The van der Waals surface area contributed by atoms with Crippen molar-refractivity contribution in [1.29, 1.82) is 0 Å². The van der Waals surface area contributed by atoms with Crippen molar-refractivity contribution in [2.45, 2.75) is 103 Å². The largest absolute Gasteiger partial charge is 0.478 e. The minimum absolute atomic E-state index is 0.0806. The normalized spacial score (nSPS) is 22.7. The molecule has 2 atom stereocenters. The fraction of sp³-hybridized carbons (Fsp3) is 0.489. The number of carbonyl (C=O) groups is 5. The van der Waals surface area contributed by atoms with Crippen LogP contribution in [-0.2, 0) is 19.1 Å². The monoisotopic (exact) mass is 922 g/mol. The Morgan fingerprint density at radius 1 is 0.955 bits per heavy atom. The van der Waals surface area contributed by atoms with Crippen LogP contribution in [0.1, 0.15) is 91.6 Å². The maximum atomic E-state index is 13.6. The summed E-state index contributed by atoms with van der Waals surface area (Å²) in [6.45, 7) is 11.5. The lowest BCUT2D eigenvalue weighted by atomic mass is 9.86. The van der Waals surface area contributed by atoms with E-state index in [9.17, 15) is 28.8 Å². The number of fused-ring (bicyclic) bond motifs is 2. The summed E-state index contributed by atoms with van der Waals surface area (Å²) in [7, 11) is 1.51. The molecule has 1 unspecified atom stereocenters. The van der Waals surface area contributed by atoms with Crippen LogP contribution in [0.3, 0.4) is 0 Å². The Balaban J connectivity index is 0.763. The Kier molecular flexibility index (Phi) is 12.5. The number of piperidine rings is 2. The molecule has 2 aromatic heterocycles. The highest BCUT2D eigenvalue weighted by molar-refractivity contribution is 6.33. The lowest BCUT2D eigenvalue weighted by Crippen LogP contribution is -2.60. The van der Waals surface area contributed by atoms with Crippen LogP contribution in [0.4, 0.5) is 23.1 Å². The van der Waals surface area contributed by atoms with Gasteiger partial charge >= 0.3 is 0 Å². The number of benzene rings is 2. The number of pyridine rings is 1. The van der Waals surface area contributed by atoms with Gasteiger partial charge in [0.1, 0.15) is 11.1 Å². The lowest BCUT2D eigenvalue weighted by molar-refractivity contribution is -0.136. The van der Waals surface area contributed by atoms with Gasteiger partial charge in [0.15, 0.2) is 18.2 Å². The molecule has 2 aromatic carbocycles. The van der Waals surface area contributed by atoms with Gasteiger partial charge in [-0.05, 0) is 102 Å². The molecule has 1 aliphatic carbocycles. The van der Waals surface area contributed by atoms with E-state index in [-0.39, 0.29) is 61.0 Å². The summed E-state index contributed by atoms with van der Waals surface area (Å²) in [6.07, 6.45) is 5.77. The van der Waals surface area contributed by atoms with Crippen LogP contribution in [0.25, 0.3) is 10.9 Å². The molecular weight excluding hydrogens is 868 g/mol. The van der Waals surface area contributed by atoms with Gasteiger partial charge in [0, 0.05) is 81.1 Å². The summed E-state index contributed by atoms with van der Waals surface area (Å²) >= 11 is 6.61. The van der Waals surface area contributed by atoms with Gasteiger partial charge in [0.2, 0.25) is 17.8 Å². The summed E-state index contributed by atoms with van der Waals surface area (Å²) in [4.78, 5) is 93.8. The average Bonchev–Trinajstić information content (AvgIpc) is 3.53. The summed E-state index contributed by atoms with van der Waals surface area (Å²) in [6, 6.07) is 10.4. The van der Waals surface area contributed by atoms with Crippen LogP contribution in [-0.4, -0.2) is 131 Å². The number of imide groups is 2. The summed E-state index contributed by atoms with van der Waals surface area (Å²) in [5.74, 6) is -1.21. The third-order valence-electron chi connectivity index (χ3n) is 13.7. The van der Waals surface area contributed by atoms with Gasteiger partial charge in [-0.15, -0.1) is 0 Å². The Hall–Kier alpha value is -6.11. The van der Waals surface area contributed by atoms with Crippen molar-refractivity contribution >= 4 is 75.2 Å². The number of rotatable bonds is 12. The van der Waals surface area contributed by atoms with E-state index in [0.717, 1.165) is 85.5 Å². The fourth-order valence-corrected chi connectivity index (χ4v) is 10.3. The van der Waals surface area contributed by atoms with Crippen LogP contribution in [0.5, 0.6) is 5.75 Å². The van der Waals surface area contributed by atoms with Crippen molar-refractivity contribution in [3.05, 3.63) is 74.7 Å². The van der Waals surface area contributed by atoms with Gasteiger partial charge in [0.25, 0.3) is 23.3 Å². The zero-order chi connectivity index (χ0) is 46.6. The number of hydrogen-bond donors (Lipinski definition) is 3. The lowest BCUT2D eigenvalue weighted by Gasteiger charge is -2.50.